The highest BCUT2D eigenvalue weighted by molar-refractivity contribution is 7.92. The molecule has 1 aromatic heterocycles. The zero-order valence-corrected chi connectivity index (χ0v) is 20.2. The number of fused-ring (bicyclic) bond motifs is 1. The number of nitrogens with zero attached hydrogens (tertiary/aromatic N) is 1. The predicted octanol–water partition coefficient (Wildman–Crippen LogP) is 1.30. The first-order valence-corrected chi connectivity index (χ1v) is 13.7. The Morgan fingerprint density at radius 2 is 1.94 bits per heavy atom. The first kappa shape index (κ1) is 25.1. The SMILES string of the molecule is C[NH+](C)CCOc1ccc2sc(S(=O)(=O)NCP(=O)([O-])Oc3ccc(C#N)c(F)c3)cc2c1. The Morgan fingerprint density at radius 3 is 2.61 bits per heavy atom. The number of halogens is 1. The summed E-state index contributed by atoms with van der Waals surface area (Å²) >= 11 is 0.979. The molecule has 1 unspecified atom stereocenters. The fourth-order valence-electron chi connectivity index (χ4n) is 2.66. The number of ether oxygens (including phenoxy) is 1. The number of thiophene rings is 1. The molecular formula is C20H21FN3O6PS2. The van der Waals surface area contributed by atoms with Crippen LogP contribution in [0.2, 0.25) is 0 Å². The molecule has 0 amide bonds. The van der Waals surface area contributed by atoms with Gasteiger partial charge in [0.25, 0.3) is 10.0 Å². The van der Waals surface area contributed by atoms with Crippen molar-refractivity contribution in [1.82, 2.24) is 4.72 Å². The molecule has 2 aromatic carbocycles. The van der Waals surface area contributed by atoms with Gasteiger partial charge in [-0.3, -0.25) is 4.57 Å². The third-order valence-electron chi connectivity index (χ3n) is 4.35. The van der Waals surface area contributed by atoms with Crippen LogP contribution >= 0.6 is 18.9 Å². The van der Waals surface area contributed by atoms with Crippen molar-refractivity contribution in [3.8, 4) is 17.6 Å². The van der Waals surface area contributed by atoms with E-state index >= 15 is 0 Å². The molecule has 0 aliphatic heterocycles. The Hall–Kier alpha value is -2.52. The molecule has 1 heterocycles. The molecule has 1 atom stereocenters. The van der Waals surface area contributed by atoms with Gasteiger partial charge in [0.2, 0.25) is 0 Å². The van der Waals surface area contributed by atoms with Crippen LogP contribution < -0.4 is 23.8 Å². The van der Waals surface area contributed by atoms with Gasteiger partial charge in [0.1, 0.15) is 40.7 Å². The summed E-state index contributed by atoms with van der Waals surface area (Å²) in [4.78, 5) is 13.4. The van der Waals surface area contributed by atoms with Crippen LogP contribution in [-0.4, -0.2) is 42.0 Å². The van der Waals surface area contributed by atoms with Crippen LogP contribution in [0.5, 0.6) is 11.5 Å². The molecule has 2 N–H and O–H groups in total. The Morgan fingerprint density at radius 1 is 1.21 bits per heavy atom. The van der Waals surface area contributed by atoms with E-state index in [4.69, 9.17) is 14.5 Å². The summed E-state index contributed by atoms with van der Waals surface area (Å²) in [5.41, 5.74) is -0.277. The summed E-state index contributed by atoms with van der Waals surface area (Å²) in [6, 6.07) is 11.1. The van der Waals surface area contributed by atoms with Crippen LogP contribution in [0.1, 0.15) is 5.56 Å². The molecule has 9 nitrogen and oxygen atoms in total. The fourth-order valence-corrected chi connectivity index (χ4v) is 6.56. The van der Waals surface area contributed by atoms with Gasteiger partial charge in [-0.05, 0) is 41.8 Å². The summed E-state index contributed by atoms with van der Waals surface area (Å²) in [5.74, 6) is -0.716. The van der Waals surface area contributed by atoms with Crippen LogP contribution in [0, 0.1) is 17.1 Å². The van der Waals surface area contributed by atoms with E-state index in [1.807, 2.05) is 18.8 Å². The monoisotopic (exact) mass is 513 g/mol. The van der Waals surface area contributed by atoms with E-state index in [1.54, 1.807) is 24.3 Å². The minimum Gasteiger partial charge on any atom is -0.768 e. The molecule has 176 valence electrons. The van der Waals surface area contributed by atoms with Crippen LogP contribution in [0.4, 0.5) is 4.39 Å². The summed E-state index contributed by atoms with van der Waals surface area (Å²) in [7, 11) is -4.89. The molecule has 0 spiro atoms. The predicted molar refractivity (Wildman–Crippen MR) is 120 cm³/mol. The Kier molecular flexibility index (Phi) is 7.74. The minimum absolute atomic E-state index is 0.0724. The summed E-state index contributed by atoms with van der Waals surface area (Å²) in [5, 5.41) is 9.36. The average molecular weight is 514 g/mol. The van der Waals surface area contributed by atoms with Crippen molar-refractivity contribution in [2.75, 3.05) is 33.5 Å². The maximum absolute atomic E-state index is 13.6. The van der Waals surface area contributed by atoms with Gasteiger partial charge in [0.15, 0.2) is 7.60 Å². The number of nitrogens with one attached hydrogen (secondary N) is 2. The number of nitriles is 1. The van der Waals surface area contributed by atoms with E-state index in [0.717, 1.165) is 36.1 Å². The molecule has 0 radical (unpaired) electrons. The van der Waals surface area contributed by atoms with Crippen LogP contribution in [0.3, 0.4) is 0 Å². The summed E-state index contributed by atoms with van der Waals surface area (Å²) in [6.07, 6.45) is -1.04. The molecule has 33 heavy (non-hydrogen) atoms. The van der Waals surface area contributed by atoms with Crippen LogP contribution in [0.15, 0.2) is 46.7 Å². The smallest absolute Gasteiger partial charge is 0.250 e. The highest BCUT2D eigenvalue weighted by Crippen LogP contribution is 2.38. The van der Waals surface area contributed by atoms with E-state index < -0.39 is 29.7 Å². The van der Waals surface area contributed by atoms with Gasteiger partial charge in [-0.2, -0.15) is 5.26 Å². The lowest BCUT2D eigenvalue weighted by atomic mass is 10.2. The van der Waals surface area contributed by atoms with E-state index in [-0.39, 0.29) is 15.5 Å². The molecule has 0 aliphatic rings. The number of hydrogen-bond acceptors (Lipinski definition) is 8. The first-order valence-electron chi connectivity index (χ1n) is 9.63. The standard InChI is InChI=1S/C20H21FN3O6PS2/c1-24(2)7-8-29-16-5-6-19-15(9-16)10-20(32-19)33(27,28)23-13-31(25,26)30-17-4-3-14(12-22)18(21)11-17/h3-6,9-11,23H,7-8,13H2,1-2H3,(H,25,26). The fraction of sp³-hybridized carbons (Fsp3) is 0.250. The Balaban J connectivity index is 1.68. The van der Waals surface area contributed by atoms with E-state index in [0.29, 0.717) is 22.4 Å². The molecule has 13 heteroatoms. The van der Waals surface area contributed by atoms with Gasteiger partial charge in [0, 0.05) is 10.8 Å². The number of quaternary nitrogens is 1. The first-order chi connectivity index (χ1) is 15.5. The molecule has 0 bridgehead atoms. The van der Waals surface area contributed by atoms with Crippen LogP contribution in [-0.2, 0) is 14.6 Å². The van der Waals surface area contributed by atoms with Crippen molar-refractivity contribution in [1.29, 1.82) is 5.26 Å². The third kappa shape index (κ3) is 6.74. The van der Waals surface area contributed by atoms with Gasteiger partial charge in [0.05, 0.1) is 25.9 Å². The average Bonchev–Trinajstić information content (AvgIpc) is 3.17. The molecular weight excluding hydrogens is 492 g/mol. The molecule has 3 rings (SSSR count). The number of rotatable bonds is 10. The zero-order valence-electron chi connectivity index (χ0n) is 17.7. The molecule has 0 saturated carbocycles. The maximum Gasteiger partial charge on any atom is 0.250 e. The molecule has 3 aromatic rings. The lowest BCUT2D eigenvalue weighted by Crippen LogP contribution is -3.06. The van der Waals surface area contributed by atoms with E-state index in [9.17, 15) is 22.3 Å². The van der Waals surface area contributed by atoms with Gasteiger partial charge in [-0.15, -0.1) is 11.3 Å². The molecule has 0 saturated heterocycles. The Labute approximate surface area is 194 Å². The highest BCUT2D eigenvalue weighted by atomic mass is 32.2. The lowest BCUT2D eigenvalue weighted by molar-refractivity contribution is -0.858. The molecule has 0 aliphatic carbocycles. The van der Waals surface area contributed by atoms with E-state index in [1.165, 1.54) is 11.0 Å². The van der Waals surface area contributed by atoms with Gasteiger partial charge < -0.3 is 19.1 Å². The summed E-state index contributed by atoms with van der Waals surface area (Å²) in [6.45, 7) is 1.31. The maximum atomic E-state index is 13.6. The molecule has 0 fully saturated rings. The third-order valence-corrected chi connectivity index (χ3v) is 8.59. The van der Waals surface area contributed by atoms with Crippen molar-refractivity contribution in [2.45, 2.75) is 4.21 Å². The highest BCUT2D eigenvalue weighted by Gasteiger charge is 2.21. The van der Waals surface area contributed by atoms with Gasteiger partial charge >= 0.3 is 0 Å². The number of hydrogen-bond donors (Lipinski definition) is 2. The second-order valence-corrected chi connectivity index (χ2v) is 12.1. The second-order valence-electron chi connectivity index (χ2n) is 7.33. The van der Waals surface area contributed by atoms with Crippen molar-refractivity contribution in [2.24, 2.45) is 0 Å². The van der Waals surface area contributed by atoms with Gasteiger partial charge in [-0.25, -0.2) is 17.5 Å². The second kappa shape index (κ2) is 10.2. The number of benzene rings is 2. The Bertz CT molecular complexity index is 1350. The van der Waals surface area contributed by atoms with Crippen molar-refractivity contribution in [3.63, 3.8) is 0 Å². The van der Waals surface area contributed by atoms with Crippen molar-refractivity contribution >= 4 is 39.0 Å². The zero-order chi connectivity index (χ0) is 24.2. The van der Waals surface area contributed by atoms with Crippen LogP contribution in [0.25, 0.3) is 10.1 Å². The largest absolute Gasteiger partial charge is 0.768 e. The number of likely N-dealkylation sites (N-methyl/N-ethyl adjacent to an activating group) is 1. The van der Waals surface area contributed by atoms with Crippen molar-refractivity contribution < 1.29 is 36.4 Å². The summed E-state index contributed by atoms with van der Waals surface area (Å²) < 4.78 is 64.1. The quantitative estimate of drug-likeness (QED) is 0.391. The van der Waals surface area contributed by atoms with E-state index in [2.05, 4.69) is 0 Å². The normalized spacial score (nSPS) is 13.6. The van der Waals surface area contributed by atoms with Gasteiger partial charge in [-0.1, -0.05) is 0 Å². The van der Waals surface area contributed by atoms with Crippen molar-refractivity contribution in [3.05, 3.63) is 53.8 Å². The number of sulfonamides is 1. The lowest BCUT2D eigenvalue weighted by Gasteiger charge is -2.24. The topological polar surface area (TPSA) is 133 Å². The minimum atomic E-state index is -4.75.